The van der Waals surface area contributed by atoms with Crippen LogP contribution in [0.15, 0.2) is 29.2 Å². The first-order valence-corrected chi connectivity index (χ1v) is 7.40. The Morgan fingerprint density at radius 3 is 2.44 bits per heavy atom. The van der Waals surface area contributed by atoms with Crippen molar-refractivity contribution in [3.8, 4) is 5.75 Å². The molecule has 1 unspecified atom stereocenters. The quantitative estimate of drug-likeness (QED) is 0.883. The molecular formula is C13H21NO3S. The summed E-state index contributed by atoms with van der Waals surface area (Å²) in [6, 6.07) is 5.65. The van der Waals surface area contributed by atoms with Crippen molar-refractivity contribution in [2.75, 3.05) is 6.54 Å². The second-order valence-corrected chi connectivity index (χ2v) is 7.38. The molecule has 1 rings (SSSR count). The van der Waals surface area contributed by atoms with Gasteiger partial charge in [0, 0.05) is 6.54 Å². The monoisotopic (exact) mass is 271 g/mol. The SMILES string of the molecule is CC(CNS(=O)(=O)c1cccc(O)c1)C(C)(C)C. The third-order valence-corrected chi connectivity index (χ3v) is 4.61. The molecule has 0 aliphatic rings. The molecule has 1 aromatic rings. The van der Waals surface area contributed by atoms with Crippen LogP contribution in [0.5, 0.6) is 5.75 Å². The third-order valence-electron chi connectivity index (χ3n) is 3.19. The summed E-state index contributed by atoms with van der Waals surface area (Å²) >= 11 is 0. The van der Waals surface area contributed by atoms with Crippen molar-refractivity contribution in [3.05, 3.63) is 24.3 Å². The Balaban J connectivity index is 2.78. The number of aromatic hydroxyl groups is 1. The van der Waals surface area contributed by atoms with Gasteiger partial charge in [0.2, 0.25) is 10.0 Å². The third kappa shape index (κ3) is 3.99. The van der Waals surface area contributed by atoms with E-state index in [-0.39, 0.29) is 22.0 Å². The van der Waals surface area contributed by atoms with Crippen molar-refractivity contribution in [2.45, 2.75) is 32.6 Å². The van der Waals surface area contributed by atoms with E-state index in [4.69, 9.17) is 0 Å². The molecule has 0 saturated carbocycles. The Morgan fingerprint density at radius 2 is 1.94 bits per heavy atom. The van der Waals surface area contributed by atoms with Crippen LogP contribution in [0.2, 0.25) is 0 Å². The number of hydrogen-bond donors (Lipinski definition) is 2. The summed E-state index contributed by atoms with van der Waals surface area (Å²) < 4.78 is 26.6. The standard InChI is InChI=1S/C13H21NO3S/c1-10(13(2,3)4)9-14-18(16,17)12-7-5-6-11(15)8-12/h5-8,10,14-15H,9H2,1-4H3. The zero-order chi connectivity index (χ0) is 14.0. The van der Waals surface area contributed by atoms with Crippen molar-refractivity contribution in [1.29, 1.82) is 0 Å². The van der Waals surface area contributed by atoms with Crippen molar-refractivity contribution in [2.24, 2.45) is 11.3 Å². The summed E-state index contributed by atoms with van der Waals surface area (Å²) in [7, 11) is -3.55. The minimum absolute atomic E-state index is 0.0430. The maximum absolute atomic E-state index is 12.0. The zero-order valence-electron chi connectivity index (χ0n) is 11.3. The Morgan fingerprint density at radius 1 is 1.33 bits per heavy atom. The van der Waals surface area contributed by atoms with Crippen LogP contribution in [0.1, 0.15) is 27.7 Å². The first-order chi connectivity index (χ1) is 8.13. The Bertz CT molecular complexity index is 503. The lowest BCUT2D eigenvalue weighted by atomic mass is 9.82. The van der Waals surface area contributed by atoms with Crippen LogP contribution >= 0.6 is 0 Å². The van der Waals surface area contributed by atoms with Crippen molar-refractivity contribution in [3.63, 3.8) is 0 Å². The number of benzene rings is 1. The van der Waals surface area contributed by atoms with E-state index >= 15 is 0 Å². The van der Waals surface area contributed by atoms with Gasteiger partial charge in [0.25, 0.3) is 0 Å². The van der Waals surface area contributed by atoms with E-state index in [1.807, 2.05) is 6.92 Å². The highest BCUT2D eigenvalue weighted by atomic mass is 32.2. The molecule has 0 aliphatic carbocycles. The number of hydrogen-bond acceptors (Lipinski definition) is 3. The van der Waals surface area contributed by atoms with Crippen LogP contribution < -0.4 is 4.72 Å². The number of sulfonamides is 1. The Hall–Kier alpha value is -1.07. The van der Waals surface area contributed by atoms with E-state index in [1.54, 1.807) is 0 Å². The van der Waals surface area contributed by atoms with Gasteiger partial charge in [0.05, 0.1) is 4.90 Å². The predicted octanol–water partition coefficient (Wildman–Crippen LogP) is 2.35. The van der Waals surface area contributed by atoms with Gasteiger partial charge in [-0.3, -0.25) is 0 Å². The molecule has 0 aliphatic heterocycles. The van der Waals surface area contributed by atoms with Gasteiger partial charge in [0.15, 0.2) is 0 Å². The maximum Gasteiger partial charge on any atom is 0.240 e. The summed E-state index contributed by atoms with van der Waals surface area (Å²) in [5.41, 5.74) is 0.0430. The summed E-state index contributed by atoms with van der Waals surface area (Å²) in [6.45, 7) is 8.59. The van der Waals surface area contributed by atoms with Gasteiger partial charge >= 0.3 is 0 Å². The molecular weight excluding hydrogens is 250 g/mol. The average Bonchev–Trinajstić information content (AvgIpc) is 2.24. The molecule has 0 heterocycles. The predicted molar refractivity (Wildman–Crippen MR) is 71.9 cm³/mol. The normalized spacial score (nSPS) is 14.4. The molecule has 1 atom stereocenters. The maximum atomic E-state index is 12.0. The van der Waals surface area contributed by atoms with E-state index in [0.29, 0.717) is 6.54 Å². The number of phenols is 1. The fraction of sp³-hybridized carbons (Fsp3) is 0.538. The topological polar surface area (TPSA) is 66.4 Å². The van der Waals surface area contributed by atoms with Gasteiger partial charge in [-0.2, -0.15) is 0 Å². The molecule has 0 radical (unpaired) electrons. The lowest BCUT2D eigenvalue weighted by Gasteiger charge is -2.27. The highest BCUT2D eigenvalue weighted by Gasteiger charge is 2.22. The molecule has 0 spiro atoms. The van der Waals surface area contributed by atoms with E-state index < -0.39 is 10.0 Å². The van der Waals surface area contributed by atoms with E-state index in [1.165, 1.54) is 24.3 Å². The summed E-state index contributed by atoms with van der Waals surface area (Å²) in [6.07, 6.45) is 0. The molecule has 18 heavy (non-hydrogen) atoms. The molecule has 5 heteroatoms. The van der Waals surface area contributed by atoms with Crippen molar-refractivity contribution in [1.82, 2.24) is 4.72 Å². The Kier molecular flexibility index (Phi) is 4.40. The average molecular weight is 271 g/mol. The van der Waals surface area contributed by atoms with E-state index in [2.05, 4.69) is 25.5 Å². The number of phenolic OH excluding ortho intramolecular Hbond substituents is 1. The van der Waals surface area contributed by atoms with Gasteiger partial charge in [-0.15, -0.1) is 0 Å². The molecule has 0 saturated heterocycles. The molecule has 102 valence electrons. The molecule has 1 aromatic carbocycles. The van der Waals surface area contributed by atoms with Crippen molar-refractivity contribution >= 4 is 10.0 Å². The smallest absolute Gasteiger partial charge is 0.240 e. The van der Waals surface area contributed by atoms with Crippen LogP contribution in [0.3, 0.4) is 0 Å². The van der Waals surface area contributed by atoms with Gasteiger partial charge in [-0.25, -0.2) is 13.1 Å². The summed E-state index contributed by atoms with van der Waals surface area (Å²) in [4.78, 5) is 0.0867. The van der Waals surface area contributed by atoms with Crippen LogP contribution in [0, 0.1) is 11.3 Å². The minimum atomic E-state index is -3.55. The minimum Gasteiger partial charge on any atom is -0.508 e. The van der Waals surface area contributed by atoms with Gasteiger partial charge in [0.1, 0.15) is 5.75 Å². The highest BCUT2D eigenvalue weighted by molar-refractivity contribution is 7.89. The molecule has 0 amide bonds. The zero-order valence-corrected chi connectivity index (χ0v) is 12.1. The molecule has 0 fully saturated rings. The van der Waals surface area contributed by atoms with Gasteiger partial charge in [-0.05, 0) is 29.5 Å². The van der Waals surface area contributed by atoms with Crippen LogP contribution in [0.4, 0.5) is 0 Å². The lowest BCUT2D eigenvalue weighted by molar-refractivity contribution is 0.263. The van der Waals surface area contributed by atoms with E-state index in [9.17, 15) is 13.5 Å². The van der Waals surface area contributed by atoms with Crippen LogP contribution in [-0.4, -0.2) is 20.1 Å². The number of nitrogens with one attached hydrogen (secondary N) is 1. The molecule has 0 aromatic heterocycles. The lowest BCUT2D eigenvalue weighted by Crippen LogP contribution is -2.33. The number of rotatable bonds is 4. The largest absolute Gasteiger partial charge is 0.508 e. The molecule has 2 N–H and O–H groups in total. The second kappa shape index (κ2) is 5.28. The fourth-order valence-electron chi connectivity index (χ4n) is 1.27. The first-order valence-electron chi connectivity index (χ1n) is 5.91. The van der Waals surface area contributed by atoms with Gasteiger partial charge in [-0.1, -0.05) is 33.8 Å². The summed E-state index contributed by atoms with van der Waals surface area (Å²) in [5, 5.41) is 9.29. The van der Waals surface area contributed by atoms with Gasteiger partial charge < -0.3 is 5.11 Å². The highest BCUT2D eigenvalue weighted by Crippen LogP contribution is 2.25. The van der Waals surface area contributed by atoms with Crippen LogP contribution in [0.25, 0.3) is 0 Å². The van der Waals surface area contributed by atoms with E-state index in [0.717, 1.165) is 0 Å². The molecule has 0 bridgehead atoms. The van der Waals surface area contributed by atoms with Crippen molar-refractivity contribution < 1.29 is 13.5 Å². The molecule has 4 nitrogen and oxygen atoms in total. The van der Waals surface area contributed by atoms with Crippen LogP contribution in [-0.2, 0) is 10.0 Å². The first kappa shape index (κ1) is 15.0. The fourth-order valence-corrected chi connectivity index (χ4v) is 2.44. The second-order valence-electron chi connectivity index (χ2n) is 5.62. The summed E-state index contributed by atoms with van der Waals surface area (Å²) in [5.74, 6) is 0.159. The Labute approximate surface area is 109 Å².